The summed E-state index contributed by atoms with van der Waals surface area (Å²) in [6, 6.07) is 3.93. The summed E-state index contributed by atoms with van der Waals surface area (Å²) in [5, 5.41) is 0. The van der Waals surface area contributed by atoms with Crippen molar-refractivity contribution in [2.24, 2.45) is 0 Å². The van der Waals surface area contributed by atoms with Gasteiger partial charge in [-0.25, -0.2) is 18.1 Å². The predicted molar refractivity (Wildman–Crippen MR) is 126 cm³/mol. The highest BCUT2D eigenvalue weighted by Crippen LogP contribution is 2.29. The van der Waals surface area contributed by atoms with Crippen LogP contribution in [0.5, 0.6) is 0 Å². The molecule has 0 unspecified atom stereocenters. The molecule has 1 aliphatic carbocycles. The van der Waals surface area contributed by atoms with Crippen LogP contribution in [0, 0.1) is 9.65 Å². The number of ketones is 1. The fourth-order valence-corrected chi connectivity index (χ4v) is 5.17. The third-order valence-electron chi connectivity index (χ3n) is 5.48. The fraction of sp³-hybridized carbons (Fsp3) is 0.400. The average Bonchev–Trinajstić information content (AvgIpc) is 3.26. The van der Waals surface area contributed by atoms with E-state index in [2.05, 4.69) is 42.3 Å². The van der Waals surface area contributed by atoms with Crippen molar-refractivity contribution in [1.82, 2.24) is 24.2 Å². The number of nitrogens with two attached hydrogens (primary N) is 1. The van der Waals surface area contributed by atoms with Crippen LogP contribution in [0.25, 0.3) is 11.2 Å². The first-order valence-corrected chi connectivity index (χ1v) is 12.9. The van der Waals surface area contributed by atoms with Gasteiger partial charge in [-0.05, 0) is 65.6 Å². The van der Waals surface area contributed by atoms with Crippen molar-refractivity contribution in [2.45, 2.75) is 39.2 Å². The number of imidazole rings is 1. The number of carbonyl (C=O) groups is 1. The van der Waals surface area contributed by atoms with E-state index < -0.39 is 16.1 Å². The second-order valence-corrected chi connectivity index (χ2v) is 10.8. The maximum atomic E-state index is 13.9. The van der Waals surface area contributed by atoms with Gasteiger partial charge in [0.2, 0.25) is 10.0 Å². The molecule has 9 nitrogen and oxygen atoms in total. The number of Topliss-reactive ketones (excluding diaryl/α,β-unsaturated/α-hetero) is 1. The number of hydrogen-bond donors (Lipinski definition) is 2. The van der Waals surface area contributed by atoms with E-state index in [0.717, 1.165) is 26.7 Å². The van der Waals surface area contributed by atoms with Gasteiger partial charge < -0.3 is 10.3 Å². The normalized spacial score (nSPS) is 13.8. The van der Waals surface area contributed by atoms with Crippen molar-refractivity contribution in [1.29, 1.82) is 0 Å². The highest BCUT2D eigenvalue weighted by atomic mass is 127. The first-order chi connectivity index (χ1) is 15.2. The van der Waals surface area contributed by atoms with Crippen LogP contribution in [0.2, 0.25) is 0 Å². The van der Waals surface area contributed by atoms with Crippen LogP contribution in [-0.2, 0) is 29.4 Å². The number of anilines is 1. The lowest BCUT2D eigenvalue weighted by Crippen LogP contribution is -2.27. The smallest absolute Gasteiger partial charge is 0.312 e. The molecule has 3 aromatic rings. The van der Waals surface area contributed by atoms with Gasteiger partial charge >= 0.3 is 6.08 Å². The van der Waals surface area contributed by atoms with E-state index in [1.807, 2.05) is 12.1 Å². The van der Waals surface area contributed by atoms with Crippen LogP contribution < -0.4 is 10.5 Å². The summed E-state index contributed by atoms with van der Waals surface area (Å²) < 4.78 is 42.5. The maximum Gasteiger partial charge on any atom is 0.312 e. The van der Waals surface area contributed by atoms with Crippen molar-refractivity contribution < 1.29 is 17.6 Å². The van der Waals surface area contributed by atoms with Gasteiger partial charge in [-0.1, -0.05) is 0 Å². The van der Waals surface area contributed by atoms with Crippen molar-refractivity contribution in [3.63, 3.8) is 0 Å². The molecule has 0 fully saturated rings. The summed E-state index contributed by atoms with van der Waals surface area (Å²) in [5.74, 6) is 0.661. The maximum absolute atomic E-state index is 13.9. The van der Waals surface area contributed by atoms with Gasteiger partial charge in [0.15, 0.2) is 22.8 Å². The molecule has 4 rings (SSSR count). The van der Waals surface area contributed by atoms with Gasteiger partial charge in [0, 0.05) is 35.1 Å². The number of benzene rings is 1. The summed E-state index contributed by atoms with van der Waals surface area (Å²) in [6.07, 6.45) is 1.15. The number of aromatic nitrogens is 4. The van der Waals surface area contributed by atoms with E-state index in [4.69, 9.17) is 5.73 Å². The minimum Gasteiger partial charge on any atom is -0.382 e. The molecule has 0 bridgehead atoms. The summed E-state index contributed by atoms with van der Waals surface area (Å²) in [7, 11) is -3.31. The number of nitrogens with one attached hydrogen (secondary N) is 1. The van der Waals surface area contributed by atoms with E-state index in [1.54, 1.807) is 11.5 Å². The lowest BCUT2D eigenvalue weighted by atomic mass is 10.0. The molecule has 170 valence electrons. The molecule has 32 heavy (non-hydrogen) atoms. The zero-order valence-corrected chi connectivity index (χ0v) is 20.3. The molecule has 0 aliphatic heterocycles. The first-order valence-electron chi connectivity index (χ1n) is 10.2. The monoisotopic (exact) mass is 572 g/mol. The quantitative estimate of drug-likeness (QED) is 0.240. The van der Waals surface area contributed by atoms with E-state index in [9.17, 15) is 17.6 Å². The van der Waals surface area contributed by atoms with Crippen LogP contribution >= 0.6 is 22.6 Å². The number of hydrogen-bond acceptors (Lipinski definition) is 7. The number of sulfonamides is 1. The molecular formula is C20H22FIN6O3S. The van der Waals surface area contributed by atoms with Crippen LogP contribution in [0.3, 0.4) is 0 Å². The molecule has 0 radical (unpaired) electrons. The van der Waals surface area contributed by atoms with Crippen molar-refractivity contribution in [2.75, 3.05) is 18.0 Å². The number of nitrogen functional groups attached to an aromatic ring is 1. The summed E-state index contributed by atoms with van der Waals surface area (Å²) in [6.45, 7) is 2.15. The summed E-state index contributed by atoms with van der Waals surface area (Å²) in [4.78, 5) is 24.2. The zero-order valence-electron chi connectivity index (χ0n) is 17.4. The van der Waals surface area contributed by atoms with Crippen LogP contribution in [0.4, 0.5) is 10.2 Å². The SMILES string of the molecule is CCS(=O)(=O)NCCCn1c(Cc2cc3c(cc2I)CCC3=O)nc2c(N)nc(F)nc21. The topological polar surface area (TPSA) is 133 Å². The molecule has 12 heteroatoms. The molecule has 0 atom stereocenters. The van der Waals surface area contributed by atoms with E-state index in [0.29, 0.717) is 37.1 Å². The highest BCUT2D eigenvalue weighted by molar-refractivity contribution is 14.1. The molecule has 0 saturated carbocycles. The third-order valence-corrected chi connectivity index (χ3v) is 7.88. The molecule has 0 amide bonds. The average molecular weight is 572 g/mol. The minimum atomic E-state index is -3.31. The Balaban J connectivity index is 1.68. The number of fused-ring (bicyclic) bond motifs is 2. The fourth-order valence-electron chi connectivity index (χ4n) is 3.79. The van der Waals surface area contributed by atoms with E-state index >= 15 is 0 Å². The Morgan fingerprint density at radius 2 is 2.03 bits per heavy atom. The molecule has 1 aliphatic rings. The number of rotatable bonds is 8. The molecule has 2 heterocycles. The number of aryl methyl sites for hydroxylation is 2. The van der Waals surface area contributed by atoms with Gasteiger partial charge in [-0.2, -0.15) is 14.4 Å². The predicted octanol–water partition coefficient (Wildman–Crippen LogP) is 2.20. The molecule has 3 N–H and O–H groups in total. The summed E-state index contributed by atoms with van der Waals surface area (Å²) >= 11 is 2.24. The van der Waals surface area contributed by atoms with Crippen LogP contribution in [0.15, 0.2) is 12.1 Å². The molecular weight excluding hydrogens is 550 g/mol. The number of halogens is 2. The lowest BCUT2D eigenvalue weighted by molar-refractivity contribution is 0.0994. The molecule has 1 aromatic carbocycles. The Morgan fingerprint density at radius 3 is 2.78 bits per heavy atom. The van der Waals surface area contributed by atoms with Gasteiger partial charge in [-0.3, -0.25) is 4.79 Å². The summed E-state index contributed by atoms with van der Waals surface area (Å²) in [5.41, 5.74) is 9.15. The zero-order chi connectivity index (χ0) is 23.0. The second-order valence-electron chi connectivity index (χ2n) is 7.58. The largest absolute Gasteiger partial charge is 0.382 e. The molecule has 2 aromatic heterocycles. The molecule has 0 spiro atoms. The minimum absolute atomic E-state index is 0.00326. The lowest BCUT2D eigenvalue weighted by Gasteiger charge is -2.11. The molecule has 0 saturated heterocycles. The van der Waals surface area contributed by atoms with E-state index in [-0.39, 0.29) is 29.5 Å². The Hall–Kier alpha value is -2.19. The Kier molecular flexibility index (Phi) is 6.45. The Labute approximate surface area is 198 Å². The van der Waals surface area contributed by atoms with E-state index in [1.165, 1.54) is 0 Å². The second kappa shape index (κ2) is 8.98. The highest BCUT2D eigenvalue weighted by Gasteiger charge is 2.23. The Bertz CT molecular complexity index is 1320. The van der Waals surface area contributed by atoms with Gasteiger partial charge in [0.05, 0.1) is 5.75 Å². The van der Waals surface area contributed by atoms with Crippen LogP contribution in [0.1, 0.15) is 47.1 Å². The van der Waals surface area contributed by atoms with Crippen LogP contribution in [-0.4, -0.2) is 46.0 Å². The first kappa shape index (κ1) is 23.0. The van der Waals surface area contributed by atoms with Crippen molar-refractivity contribution >= 4 is 55.4 Å². The third kappa shape index (κ3) is 4.62. The number of nitrogens with zero attached hydrogens (tertiary/aromatic N) is 4. The van der Waals surface area contributed by atoms with Crippen molar-refractivity contribution in [3.8, 4) is 0 Å². The van der Waals surface area contributed by atoms with Gasteiger partial charge in [0.25, 0.3) is 0 Å². The number of carbonyl (C=O) groups excluding carboxylic acids is 1. The van der Waals surface area contributed by atoms with Crippen molar-refractivity contribution in [3.05, 3.63) is 44.3 Å². The standard InChI is InChI=1S/C20H22FIN6O3S/c1-2-32(30,31)24-6-3-7-28-16(25-17-18(23)26-20(21)27-19(17)28)10-12-8-13-11(9-14(12)22)4-5-15(13)29/h8-9,24H,2-7,10H2,1H3,(H2,23,26,27). The van der Waals surface area contributed by atoms with Gasteiger partial charge in [0.1, 0.15) is 5.82 Å². The van der Waals surface area contributed by atoms with Gasteiger partial charge in [-0.15, -0.1) is 0 Å². The Morgan fingerprint density at radius 1 is 1.25 bits per heavy atom.